The highest BCUT2D eigenvalue weighted by molar-refractivity contribution is 6.23. The summed E-state index contributed by atoms with van der Waals surface area (Å²) < 4.78 is 99.3. The van der Waals surface area contributed by atoms with Gasteiger partial charge in [-0.15, -0.1) is 0 Å². The summed E-state index contributed by atoms with van der Waals surface area (Å²) >= 11 is 0. The fourth-order valence-electron chi connectivity index (χ4n) is 8.93. The number of para-hydroxylation sites is 4. The Bertz CT molecular complexity index is 2590. The number of anilines is 6. The van der Waals surface area contributed by atoms with E-state index in [0.29, 0.717) is 38.4 Å². The fraction of sp³-hybridized carbons (Fsp3) is 0.283. The maximum Gasteiger partial charge on any atom is 0.150 e. The van der Waals surface area contributed by atoms with Crippen molar-refractivity contribution in [3.8, 4) is 0 Å². The molecule has 0 atom stereocenters. The van der Waals surface area contributed by atoms with Gasteiger partial charge in [-0.2, -0.15) is 0 Å². The molecular weight excluding hydrogens is 779 g/mol. The van der Waals surface area contributed by atoms with Gasteiger partial charge >= 0.3 is 0 Å². The summed E-state index contributed by atoms with van der Waals surface area (Å²) in [7, 11) is 0. The van der Waals surface area contributed by atoms with Crippen molar-refractivity contribution in [1.82, 2.24) is 0 Å². The van der Waals surface area contributed by atoms with Crippen molar-refractivity contribution in [3.05, 3.63) is 166 Å². The van der Waals surface area contributed by atoms with E-state index >= 15 is 26.3 Å². The molecule has 316 valence electrons. The molecule has 0 unspecified atom stereocenters. The molecule has 7 aromatic carbocycles. The van der Waals surface area contributed by atoms with Gasteiger partial charge in [-0.25, -0.2) is 26.3 Å². The lowest BCUT2D eigenvalue weighted by molar-refractivity contribution is 0.458. The molecular formula is C53H52F6N2. The van der Waals surface area contributed by atoms with Crippen LogP contribution in [0.4, 0.5) is 60.5 Å². The van der Waals surface area contributed by atoms with Gasteiger partial charge in [0.15, 0.2) is 0 Å². The first-order valence-electron chi connectivity index (χ1n) is 21.0. The molecule has 7 aromatic rings. The van der Waals surface area contributed by atoms with E-state index in [1.165, 1.54) is 24.3 Å². The Morgan fingerprint density at radius 3 is 1.10 bits per heavy atom. The largest absolute Gasteiger partial charge is 0.303 e. The van der Waals surface area contributed by atoms with Crippen LogP contribution in [0.5, 0.6) is 0 Å². The SMILES string of the molecule is CCCCC(C)(C)c1ccc2c(N(c3c(C)cccc3F)c3c(C)cccc3F)c3cc(C(C)(C)CCC)ccc3c(N(c3c(F)cccc3F)c3c(F)cccc3F)c2c1. The molecule has 0 spiro atoms. The molecule has 7 rings (SSSR count). The van der Waals surface area contributed by atoms with Gasteiger partial charge in [0.25, 0.3) is 0 Å². The maximum absolute atomic E-state index is 16.7. The first-order chi connectivity index (χ1) is 29.0. The molecule has 0 amide bonds. The van der Waals surface area contributed by atoms with Crippen LogP contribution >= 0.6 is 0 Å². The zero-order valence-corrected chi connectivity index (χ0v) is 36.1. The molecule has 0 aliphatic heterocycles. The number of halogens is 6. The number of hydrogen-bond acceptors (Lipinski definition) is 2. The van der Waals surface area contributed by atoms with Crippen LogP contribution in [0.25, 0.3) is 21.5 Å². The maximum atomic E-state index is 16.7. The minimum atomic E-state index is -1.04. The molecule has 0 saturated heterocycles. The fourth-order valence-corrected chi connectivity index (χ4v) is 8.93. The minimum Gasteiger partial charge on any atom is -0.303 e. The predicted octanol–water partition coefficient (Wildman–Crippen LogP) is 16.9. The number of hydrogen-bond donors (Lipinski definition) is 0. The molecule has 0 heterocycles. The molecule has 0 saturated carbocycles. The summed E-state index contributed by atoms with van der Waals surface area (Å²) in [6.45, 7) is 16.1. The predicted molar refractivity (Wildman–Crippen MR) is 241 cm³/mol. The Morgan fingerprint density at radius 2 is 0.738 bits per heavy atom. The van der Waals surface area contributed by atoms with Gasteiger partial charge in [0, 0.05) is 21.5 Å². The number of benzene rings is 7. The molecule has 2 nitrogen and oxygen atoms in total. The zero-order valence-electron chi connectivity index (χ0n) is 36.1. The lowest BCUT2D eigenvalue weighted by atomic mass is 9.78. The van der Waals surface area contributed by atoms with Gasteiger partial charge in [0.2, 0.25) is 0 Å². The summed E-state index contributed by atoms with van der Waals surface area (Å²) in [5.74, 6) is -5.37. The third kappa shape index (κ3) is 7.86. The first kappa shape index (κ1) is 43.3. The van der Waals surface area contributed by atoms with Crippen molar-refractivity contribution < 1.29 is 26.3 Å². The van der Waals surface area contributed by atoms with Gasteiger partial charge in [-0.3, -0.25) is 4.90 Å². The average molecular weight is 831 g/mol. The number of aryl methyl sites for hydroxylation is 2. The second kappa shape index (κ2) is 16.9. The van der Waals surface area contributed by atoms with E-state index < -0.39 is 57.1 Å². The molecule has 0 N–H and O–H groups in total. The van der Waals surface area contributed by atoms with Gasteiger partial charge in [-0.1, -0.05) is 121 Å². The summed E-state index contributed by atoms with van der Waals surface area (Å²) in [6.07, 6.45) is 4.30. The third-order valence-corrected chi connectivity index (χ3v) is 12.2. The van der Waals surface area contributed by atoms with Crippen molar-refractivity contribution >= 4 is 55.7 Å². The van der Waals surface area contributed by atoms with Gasteiger partial charge < -0.3 is 4.90 Å². The molecule has 61 heavy (non-hydrogen) atoms. The molecule has 0 aromatic heterocycles. The Kier molecular flexibility index (Phi) is 12.0. The lowest BCUT2D eigenvalue weighted by Crippen LogP contribution is -2.21. The normalized spacial score (nSPS) is 12.1. The van der Waals surface area contributed by atoms with E-state index in [1.54, 1.807) is 49.1 Å². The van der Waals surface area contributed by atoms with E-state index in [2.05, 4.69) is 41.5 Å². The molecule has 0 aliphatic carbocycles. The molecule has 8 heteroatoms. The van der Waals surface area contributed by atoms with Crippen molar-refractivity contribution in [1.29, 1.82) is 0 Å². The van der Waals surface area contributed by atoms with Crippen molar-refractivity contribution in [3.63, 3.8) is 0 Å². The molecule has 0 fully saturated rings. The third-order valence-electron chi connectivity index (χ3n) is 12.2. The monoisotopic (exact) mass is 830 g/mol. The summed E-state index contributed by atoms with van der Waals surface area (Å²) in [5.41, 5.74) is 1.32. The smallest absolute Gasteiger partial charge is 0.150 e. The van der Waals surface area contributed by atoms with Crippen molar-refractivity contribution in [2.45, 2.75) is 98.3 Å². The van der Waals surface area contributed by atoms with Crippen LogP contribution in [0.3, 0.4) is 0 Å². The lowest BCUT2D eigenvalue weighted by Gasteiger charge is -2.35. The van der Waals surface area contributed by atoms with Crippen LogP contribution in [0, 0.1) is 48.8 Å². The van der Waals surface area contributed by atoms with Crippen LogP contribution < -0.4 is 9.80 Å². The Balaban J connectivity index is 1.81. The minimum absolute atomic E-state index is 0.102. The van der Waals surface area contributed by atoms with Crippen LogP contribution in [0.1, 0.15) is 95.9 Å². The Hall–Kier alpha value is -5.76. The van der Waals surface area contributed by atoms with Gasteiger partial charge in [0.1, 0.15) is 46.3 Å². The topological polar surface area (TPSA) is 6.48 Å². The van der Waals surface area contributed by atoms with Crippen LogP contribution in [-0.4, -0.2) is 0 Å². The standard InChI is InChI=1S/C53H52F6N2/c1-9-11-29-53(7,8)35-25-27-36-39(31-35)49(61(50-42(56)20-14-21-43(50)57)51-44(58)22-15-23-45(51)59)37-26-24-34(52(5,6)28-10-2)30-38(37)48(36)60(46-32(3)16-12-18-40(46)54)47-33(4)17-13-19-41(47)55/h12-27,30-31H,9-11,28-29H2,1-8H3. The number of unbranched alkanes of at least 4 members (excludes halogenated alkanes) is 1. The summed E-state index contributed by atoms with van der Waals surface area (Å²) in [4.78, 5) is 2.62. The highest BCUT2D eigenvalue weighted by Crippen LogP contribution is 2.55. The second-order valence-corrected chi connectivity index (χ2v) is 17.5. The van der Waals surface area contributed by atoms with Crippen molar-refractivity contribution in [2.75, 3.05) is 9.80 Å². The van der Waals surface area contributed by atoms with E-state index in [-0.39, 0.29) is 17.1 Å². The van der Waals surface area contributed by atoms with Crippen LogP contribution in [-0.2, 0) is 10.8 Å². The van der Waals surface area contributed by atoms with Gasteiger partial charge in [-0.05, 0) is 108 Å². The second-order valence-electron chi connectivity index (χ2n) is 17.5. The Labute approximate surface area is 355 Å². The summed E-state index contributed by atoms with van der Waals surface area (Å²) in [5, 5.41) is 1.60. The van der Waals surface area contributed by atoms with E-state index in [0.717, 1.165) is 72.4 Å². The Morgan fingerprint density at radius 1 is 0.393 bits per heavy atom. The quantitative estimate of drug-likeness (QED) is 0.0649. The average Bonchev–Trinajstić information content (AvgIpc) is 3.20. The van der Waals surface area contributed by atoms with Crippen molar-refractivity contribution in [2.24, 2.45) is 0 Å². The first-order valence-corrected chi connectivity index (χ1v) is 21.0. The van der Waals surface area contributed by atoms with E-state index in [9.17, 15) is 0 Å². The van der Waals surface area contributed by atoms with Crippen LogP contribution in [0.2, 0.25) is 0 Å². The highest BCUT2D eigenvalue weighted by Gasteiger charge is 2.34. The highest BCUT2D eigenvalue weighted by atomic mass is 19.2. The van der Waals surface area contributed by atoms with E-state index in [1.807, 2.05) is 30.3 Å². The summed E-state index contributed by atoms with van der Waals surface area (Å²) in [6, 6.07) is 27.4. The molecule has 0 bridgehead atoms. The van der Waals surface area contributed by atoms with Gasteiger partial charge in [0.05, 0.1) is 22.7 Å². The number of rotatable bonds is 13. The zero-order chi connectivity index (χ0) is 44.0. The molecule has 0 aliphatic rings. The number of nitrogens with zero attached hydrogens (tertiary/aromatic N) is 2. The number of fused-ring (bicyclic) bond motifs is 2. The van der Waals surface area contributed by atoms with E-state index in [4.69, 9.17) is 0 Å². The molecule has 0 radical (unpaired) electrons. The van der Waals surface area contributed by atoms with Crippen LogP contribution in [0.15, 0.2) is 109 Å².